The lowest BCUT2D eigenvalue weighted by Gasteiger charge is -2.18. The molecule has 0 radical (unpaired) electrons. The maximum Gasteiger partial charge on any atom is 0.182 e. The average Bonchev–Trinajstić information content (AvgIpc) is 2.93. The maximum atomic E-state index is 5.59. The third-order valence-corrected chi connectivity index (χ3v) is 4.96. The highest BCUT2D eigenvalue weighted by atomic mass is 32.2. The van der Waals surface area contributed by atoms with Gasteiger partial charge in [-0.25, -0.2) is 4.98 Å². The van der Waals surface area contributed by atoms with Crippen LogP contribution < -0.4 is 14.8 Å². The second kappa shape index (κ2) is 6.37. The number of hydrogen-bond acceptors (Lipinski definition) is 6. The molecule has 0 amide bonds. The van der Waals surface area contributed by atoms with Crippen molar-refractivity contribution in [2.24, 2.45) is 0 Å². The molecule has 6 heteroatoms. The molecule has 3 rings (SSSR count). The summed E-state index contributed by atoms with van der Waals surface area (Å²) in [6.45, 7) is 4.24. The summed E-state index contributed by atoms with van der Waals surface area (Å²) in [6, 6.07) is 6.10. The van der Waals surface area contributed by atoms with Crippen molar-refractivity contribution >= 4 is 28.2 Å². The number of anilines is 1. The summed E-state index contributed by atoms with van der Waals surface area (Å²) in [6.07, 6.45) is 1.94. The standard InChI is InChI=1S/C14H16N2O2S2/c1-2-15-14-16-8-11(20-14)9-19-10-3-4-12-13(7-10)18-6-5-17-12/h3-4,7-8H,2,5-6,9H2,1H3,(H,15,16). The predicted molar refractivity (Wildman–Crippen MR) is 83.3 cm³/mol. The molecule has 1 N–H and O–H groups in total. The van der Waals surface area contributed by atoms with Crippen molar-refractivity contribution in [2.75, 3.05) is 25.1 Å². The molecule has 4 nitrogen and oxygen atoms in total. The molecule has 1 aromatic carbocycles. The molecule has 0 atom stereocenters. The molecule has 0 fully saturated rings. The van der Waals surface area contributed by atoms with Gasteiger partial charge in [0.05, 0.1) is 0 Å². The van der Waals surface area contributed by atoms with Crippen LogP contribution in [0.4, 0.5) is 5.13 Å². The molecule has 106 valence electrons. The topological polar surface area (TPSA) is 43.4 Å². The van der Waals surface area contributed by atoms with Gasteiger partial charge in [-0.05, 0) is 25.1 Å². The van der Waals surface area contributed by atoms with Crippen molar-refractivity contribution in [3.8, 4) is 11.5 Å². The highest BCUT2D eigenvalue weighted by molar-refractivity contribution is 7.98. The van der Waals surface area contributed by atoms with E-state index >= 15 is 0 Å². The van der Waals surface area contributed by atoms with E-state index in [1.54, 1.807) is 23.1 Å². The van der Waals surface area contributed by atoms with Gasteiger partial charge in [0.15, 0.2) is 16.6 Å². The Hall–Kier alpha value is -1.40. The average molecular weight is 308 g/mol. The monoisotopic (exact) mass is 308 g/mol. The van der Waals surface area contributed by atoms with Gasteiger partial charge in [-0.15, -0.1) is 23.1 Å². The van der Waals surface area contributed by atoms with Crippen LogP contribution >= 0.6 is 23.1 Å². The Morgan fingerprint density at radius 2 is 2.15 bits per heavy atom. The molecular formula is C14H16N2O2S2. The smallest absolute Gasteiger partial charge is 0.182 e. The molecule has 1 aliphatic rings. The number of rotatable bonds is 5. The summed E-state index contributed by atoms with van der Waals surface area (Å²) in [5, 5.41) is 4.22. The number of fused-ring (bicyclic) bond motifs is 1. The summed E-state index contributed by atoms with van der Waals surface area (Å²) in [4.78, 5) is 6.79. The largest absolute Gasteiger partial charge is 0.486 e. The first-order valence-corrected chi connectivity index (χ1v) is 8.36. The van der Waals surface area contributed by atoms with Crippen LogP contribution in [0.5, 0.6) is 11.5 Å². The van der Waals surface area contributed by atoms with Gasteiger partial charge in [0.25, 0.3) is 0 Å². The van der Waals surface area contributed by atoms with Crippen LogP contribution in [-0.4, -0.2) is 24.7 Å². The Morgan fingerprint density at radius 3 is 3.00 bits per heavy atom. The molecule has 20 heavy (non-hydrogen) atoms. The van der Waals surface area contributed by atoms with E-state index in [0.717, 1.165) is 28.9 Å². The van der Waals surface area contributed by atoms with Crippen LogP contribution in [0.2, 0.25) is 0 Å². The number of benzene rings is 1. The third kappa shape index (κ3) is 3.19. The van der Waals surface area contributed by atoms with Crippen molar-refractivity contribution in [3.05, 3.63) is 29.3 Å². The van der Waals surface area contributed by atoms with Crippen molar-refractivity contribution < 1.29 is 9.47 Å². The molecule has 2 heterocycles. The van der Waals surface area contributed by atoms with Crippen molar-refractivity contribution in [3.63, 3.8) is 0 Å². The van der Waals surface area contributed by atoms with Gasteiger partial charge >= 0.3 is 0 Å². The van der Waals surface area contributed by atoms with Gasteiger partial charge in [0.1, 0.15) is 13.2 Å². The summed E-state index contributed by atoms with van der Waals surface area (Å²) < 4.78 is 11.1. The molecule has 0 aliphatic carbocycles. The minimum Gasteiger partial charge on any atom is -0.486 e. The Balaban J connectivity index is 1.62. The number of hydrogen-bond donors (Lipinski definition) is 1. The lowest BCUT2D eigenvalue weighted by Crippen LogP contribution is -2.15. The zero-order chi connectivity index (χ0) is 13.8. The molecule has 0 unspecified atom stereocenters. The van der Waals surface area contributed by atoms with Crippen LogP contribution in [0.25, 0.3) is 0 Å². The molecule has 0 spiro atoms. The second-order valence-electron chi connectivity index (χ2n) is 4.26. The molecule has 0 bridgehead atoms. The van der Waals surface area contributed by atoms with Gasteiger partial charge in [-0.2, -0.15) is 0 Å². The van der Waals surface area contributed by atoms with E-state index in [1.807, 2.05) is 18.3 Å². The van der Waals surface area contributed by atoms with Crippen molar-refractivity contribution in [2.45, 2.75) is 17.6 Å². The minimum atomic E-state index is 0.627. The van der Waals surface area contributed by atoms with E-state index < -0.39 is 0 Å². The fraction of sp³-hybridized carbons (Fsp3) is 0.357. The number of ether oxygens (including phenoxy) is 2. The molecule has 1 aromatic heterocycles. The van der Waals surface area contributed by atoms with Gasteiger partial charge in [-0.1, -0.05) is 0 Å². The van der Waals surface area contributed by atoms with Crippen LogP contribution in [0.15, 0.2) is 29.3 Å². The highest BCUT2D eigenvalue weighted by Gasteiger charge is 2.12. The van der Waals surface area contributed by atoms with Crippen molar-refractivity contribution in [1.82, 2.24) is 4.98 Å². The Morgan fingerprint density at radius 1 is 1.30 bits per heavy atom. The van der Waals surface area contributed by atoms with Crippen molar-refractivity contribution in [1.29, 1.82) is 0 Å². The number of thioether (sulfide) groups is 1. The number of nitrogens with one attached hydrogen (secondary N) is 1. The first-order valence-electron chi connectivity index (χ1n) is 6.56. The molecule has 2 aromatic rings. The zero-order valence-electron chi connectivity index (χ0n) is 11.2. The number of nitrogens with zero attached hydrogens (tertiary/aromatic N) is 1. The highest BCUT2D eigenvalue weighted by Crippen LogP contribution is 2.35. The van der Waals surface area contributed by atoms with Crippen LogP contribution in [0.3, 0.4) is 0 Å². The second-order valence-corrected chi connectivity index (χ2v) is 6.42. The maximum absolute atomic E-state index is 5.59. The van der Waals surface area contributed by atoms with E-state index in [2.05, 4.69) is 23.3 Å². The molecule has 0 saturated carbocycles. The van der Waals surface area contributed by atoms with E-state index in [4.69, 9.17) is 9.47 Å². The van der Waals surface area contributed by atoms with Crippen LogP contribution in [0.1, 0.15) is 11.8 Å². The molecule has 0 saturated heterocycles. The SMILES string of the molecule is CCNc1ncc(CSc2ccc3c(c2)OCCO3)s1. The zero-order valence-corrected chi connectivity index (χ0v) is 12.9. The predicted octanol–water partition coefficient (Wildman–Crippen LogP) is 3.64. The number of thiazole rings is 1. The van der Waals surface area contributed by atoms with Gasteiger partial charge < -0.3 is 14.8 Å². The number of aromatic nitrogens is 1. The summed E-state index contributed by atoms with van der Waals surface area (Å²) in [5.41, 5.74) is 0. The van der Waals surface area contributed by atoms with E-state index in [-0.39, 0.29) is 0 Å². The van der Waals surface area contributed by atoms with E-state index in [1.165, 1.54) is 9.77 Å². The third-order valence-electron chi connectivity index (χ3n) is 2.78. The lowest BCUT2D eigenvalue weighted by atomic mass is 10.3. The van der Waals surface area contributed by atoms with Crippen LogP contribution in [0, 0.1) is 0 Å². The molecular weight excluding hydrogens is 292 g/mol. The first kappa shape index (κ1) is 13.6. The quantitative estimate of drug-likeness (QED) is 0.854. The van der Waals surface area contributed by atoms with Gasteiger partial charge in [0, 0.05) is 28.3 Å². The molecule has 1 aliphatic heterocycles. The van der Waals surface area contributed by atoms with Crippen LogP contribution in [-0.2, 0) is 5.75 Å². The normalized spacial score (nSPS) is 13.2. The summed E-state index contributed by atoms with van der Waals surface area (Å²) in [5.74, 6) is 2.61. The summed E-state index contributed by atoms with van der Waals surface area (Å²) >= 11 is 3.49. The van der Waals surface area contributed by atoms with E-state index in [0.29, 0.717) is 13.2 Å². The Labute approximate surface area is 126 Å². The first-order chi connectivity index (χ1) is 9.85. The van der Waals surface area contributed by atoms with Gasteiger partial charge in [0.2, 0.25) is 0 Å². The Kier molecular flexibility index (Phi) is 4.32. The Bertz CT molecular complexity index is 586. The fourth-order valence-electron chi connectivity index (χ4n) is 1.88. The minimum absolute atomic E-state index is 0.627. The van der Waals surface area contributed by atoms with E-state index in [9.17, 15) is 0 Å². The lowest BCUT2D eigenvalue weighted by molar-refractivity contribution is 0.171. The fourth-order valence-corrected chi connectivity index (χ4v) is 3.70. The van der Waals surface area contributed by atoms with Gasteiger partial charge in [-0.3, -0.25) is 0 Å². The summed E-state index contributed by atoms with van der Waals surface area (Å²) in [7, 11) is 0.